The van der Waals surface area contributed by atoms with Crippen LogP contribution >= 0.6 is 0 Å². The Kier molecular flexibility index (Phi) is 4.77. The van der Waals surface area contributed by atoms with Crippen LogP contribution in [0.1, 0.15) is 31.9 Å². The third-order valence-electron chi connectivity index (χ3n) is 3.82. The summed E-state index contributed by atoms with van der Waals surface area (Å²) in [6.45, 7) is 6.67. The van der Waals surface area contributed by atoms with Gasteiger partial charge in [-0.15, -0.1) is 0 Å². The van der Waals surface area contributed by atoms with Crippen molar-refractivity contribution in [3.8, 4) is 0 Å². The summed E-state index contributed by atoms with van der Waals surface area (Å²) >= 11 is 0. The van der Waals surface area contributed by atoms with Gasteiger partial charge >= 0.3 is 0 Å². The lowest BCUT2D eigenvalue weighted by molar-refractivity contribution is 0.0383. The average Bonchev–Trinajstić information content (AvgIpc) is 2.46. The Morgan fingerprint density at radius 2 is 2.32 bits per heavy atom. The van der Waals surface area contributed by atoms with E-state index in [0.717, 1.165) is 37.4 Å². The molecule has 1 heterocycles. The standard InChI is InChI=1S/C15H23FN2O/c1-4-13-10-18(7-8-19-13)15-6-5-12(16)9-14(15)11(2)17-3/h5-6,9,11,13,17H,4,7-8,10H2,1-3H3. The number of morpholine rings is 1. The molecule has 0 spiro atoms. The monoisotopic (exact) mass is 266 g/mol. The maximum atomic E-state index is 13.5. The van der Waals surface area contributed by atoms with E-state index >= 15 is 0 Å². The molecule has 2 unspecified atom stereocenters. The quantitative estimate of drug-likeness (QED) is 0.907. The van der Waals surface area contributed by atoms with Crippen molar-refractivity contribution in [2.45, 2.75) is 32.4 Å². The van der Waals surface area contributed by atoms with Crippen LogP contribution in [0, 0.1) is 5.82 Å². The molecule has 1 fully saturated rings. The number of nitrogens with zero attached hydrogens (tertiary/aromatic N) is 1. The first-order chi connectivity index (χ1) is 9.15. The smallest absolute Gasteiger partial charge is 0.123 e. The lowest BCUT2D eigenvalue weighted by Crippen LogP contribution is -2.42. The zero-order valence-electron chi connectivity index (χ0n) is 11.9. The van der Waals surface area contributed by atoms with Crippen LogP contribution in [0.15, 0.2) is 18.2 Å². The van der Waals surface area contributed by atoms with Gasteiger partial charge in [0.2, 0.25) is 0 Å². The van der Waals surface area contributed by atoms with E-state index in [2.05, 4.69) is 24.1 Å². The summed E-state index contributed by atoms with van der Waals surface area (Å²) in [5.74, 6) is -0.179. The fourth-order valence-corrected chi connectivity index (χ4v) is 2.50. The summed E-state index contributed by atoms with van der Waals surface area (Å²) in [6.07, 6.45) is 1.28. The SMILES string of the molecule is CCC1CN(c2ccc(F)cc2C(C)NC)CCO1. The van der Waals surface area contributed by atoms with Crippen LogP contribution in [-0.4, -0.2) is 32.8 Å². The van der Waals surface area contributed by atoms with Crippen molar-refractivity contribution in [1.29, 1.82) is 0 Å². The number of ether oxygens (including phenoxy) is 1. The molecule has 1 saturated heterocycles. The number of rotatable bonds is 4. The topological polar surface area (TPSA) is 24.5 Å². The Morgan fingerprint density at radius 3 is 3.00 bits per heavy atom. The molecule has 0 saturated carbocycles. The van der Waals surface area contributed by atoms with Crippen LogP contribution in [0.4, 0.5) is 10.1 Å². The molecule has 0 aromatic heterocycles. The molecule has 2 atom stereocenters. The van der Waals surface area contributed by atoms with E-state index in [1.807, 2.05) is 13.1 Å². The molecule has 1 N–H and O–H groups in total. The van der Waals surface area contributed by atoms with Gasteiger partial charge in [-0.2, -0.15) is 0 Å². The second-order valence-corrected chi connectivity index (χ2v) is 5.06. The summed E-state index contributed by atoms with van der Waals surface area (Å²) < 4.78 is 19.2. The van der Waals surface area contributed by atoms with E-state index in [4.69, 9.17) is 4.74 Å². The summed E-state index contributed by atoms with van der Waals surface area (Å²) in [5, 5.41) is 3.19. The molecular formula is C15H23FN2O. The second-order valence-electron chi connectivity index (χ2n) is 5.06. The lowest BCUT2D eigenvalue weighted by Gasteiger charge is -2.36. The first-order valence-electron chi connectivity index (χ1n) is 6.99. The molecule has 106 valence electrons. The molecular weight excluding hydrogens is 243 g/mol. The van der Waals surface area contributed by atoms with E-state index in [9.17, 15) is 4.39 Å². The summed E-state index contributed by atoms with van der Waals surface area (Å²) in [4.78, 5) is 2.31. The van der Waals surface area contributed by atoms with Crippen molar-refractivity contribution in [1.82, 2.24) is 5.32 Å². The van der Waals surface area contributed by atoms with E-state index in [1.54, 1.807) is 6.07 Å². The Morgan fingerprint density at radius 1 is 1.53 bits per heavy atom. The van der Waals surface area contributed by atoms with Gasteiger partial charge in [0, 0.05) is 24.8 Å². The third-order valence-corrected chi connectivity index (χ3v) is 3.82. The lowest BCUT2D eigenvalue weighted by atomic mass is 10.0. The maximum absolute atomic E-state index is 13.5. The number of anilines is 1. The highest BCUT2D eigenvalue weighted by Gasteiger charge is 2.22. The van der Waals surface area contributed by atoms with Gasteiger partial charge in [0.05, 0.1) is 12.7 Å². The Labute approximate surface area is 114 Å². The Balaban J connectivity index is 2.27. The molecule has 19 heavy (non-hydrogen) atoms. The van der Waals surface area contributed by atoms with Crippen molar-refractivity contribution in [2.24, 2.45) is 0 Å². The molecule has 1 aromatic rings. The van der Waals surface area contributed by atoms with Gasteiger partial charge in [-0.3, -0.25) is 0 Å². The minimum Gasteiger partial charge on any atom is -0.375 e. The van der Waals surface area contributed by atoms with Gasteiger partial charge in [0.1, 0.15) is 5.82 Å². The third kappa shape index (κ3) is 3.25. The highest BCUT2D eigenvalue weighted by molar-refractivity contribution is 5.55. The Bertz CT molecular complexity index is 425. The average molecular weight is 266 g/mol. The van der Waals surface area contributed by atoms with Gasteiger partial charge in [0.15, 0.2) is 0 Å². The zero-order valence-corrected chi connectivity index (χ0v) is 11.9. The van der Waals surface area contributed by atoms with Crippen LogP contribution in [0.2, 0.25) is 0 Å². The molecule has 0 bridgehead atoms. The van der Waals surface area contributed by atoms with E-state index in [-0.39, 0.29) is 18.0 Å². The van der Waals surface area contributed by atoms with Gasteiger partial charge in [-0.25, -0.2) is 4.39 Å². The van der Waals surface area contributed by atoms with Gasteiger partial charge in [0.25, 0.3) is 0 Å². The highest BCUT2D eigenvalue weighted by atomic mass is 19.1. The number of nitrogens with one attached hydrogen (secondary N) is 1. The van der Waals surface area contributed by atoms with Crippen LogP contribution in [0.5, 0.6) is 0 Å². The molecule has 0 radical (unpaired) electrons. The molecule has 1 aliphatic rings. The fourth-order valence-electron chi connectivity index (χ4n) is 2.50. The summed E-state index contributed by atoms with van der Waals surface area (Å²) in [5.41, 5.74) is 2.13. The maximum Gasteiger partial charge on any atom is 0.123 e. The van der Waals surface area contributed by atoms with Crippen LogP contribution in [-0.2, 0) is 4.74 Å². The van der Waals surface area contributed by atoms with E-state index in [1.165, 1.54) is 6.07 Å². The normalized spacial score (nSPS) is 21.5. The van der Waals surface area contributed by atoms with Crippen molar-refractivity contribution in [3.05, 3.63) is 29.6 Å². The van der Waals surface area contributed by atoms with Gasteiger partial charge in [-0.05, 0) is 44.2 Å². The first kappa shape index (κ1) is 14.3. The minimum absolute atomic E-state index is 0.133. The number of hydrogen-bond acceptors (Lipinski definition) is 3. The molecule has 1 aromatic carbocycles. The largest absolute Gasteiger partial charge is 0.375 e. The fraction of sp³-hybridized carbons (Fsp3) is 0.600. The summed E-state index contributed by atoms with van der Waals surface area (Å²) in [7, 11) is 1.90. The highest BCUT2D eigenvalue weighted by Crippen LogP contribution is 2.28. The van der Waals surface area contributed by atoms with E-state index < -0.39 is 0 Å². The molecule has 4 heteroatoms. The first-order valence-corrected chi connectivity index (χ1v) is 6.99. The second kappa shape index (κ2) is 6.35. The van der Waals surface area contributed by atoms with Gasteiger partial charge in [-0.1, -0.05) is 6.92 Å². The van der Waals surface area contributed by atoms with Crippen LogP contribution in [0.25, 0.3) is 0 Å². The van der Waals surface area contributed by atoms with Crippen molar-refractivity contribution < 1.29 is 9.13 Å². The van der Waals surface area contributed by atoms with Gasteiger partial charge < -0.3 is 15.0 Å². The molecule has 0 amide bonds. The molecule has 3 nitrogen and oxygen atoms in total. The number of benzene rings is 1. The van der Waals surface area contributed by atoms with Crippen molar-refractivity contribution in [2.75, 3.05) is 31.6 Å². The zero-order chi connectivity index (χ0) is 13.8. The van der Waals surface area contributed by atoms with Crippen LogP contribution < -0.4 is 10.2 Å². The Hall–Kier alpha value is -1.13. The predicted octanol–water partition coefficient (Wildman–Crippen LogP) is 2.72. The molecule has 2 rings (SSSR count). The van der Waals surface area contributed by atoms with Crippen molar-refractivity contribution >= 4 is 5.69 Å². The summed E-state index contributed by atoms with van der Waals surface area (Å²) in [6, 6.07) is 5.19. The minimum atomic E-state index is -0.179. The number of hydrogen-bond donors (Lipinski definition) is 1. The van der Waals surface area contributed by atoms with Crippen LogP contribution in [0.3, 0.4) is 0 Å². The van der Waals surface area contributed by atoms with E-state index in [0.29, 0.717) is 0 Å². The molecule has 1 aliphatic heterocycles. The predicted molar refractivity (Wildman–Crippen MR) is 76.1 cm³/mol. The number of halogens is 1. The molecule has 0 aliphatic carbocycles. The van der Waals surface area contributed by atoms with Crippen molar-refractivity contribution in [3.63, 3.8) is 0 Å².